The molecule has 0 aromatic carbocycles. The van der Waals surface area contributed by atoms with E-state index in [2.05, 4.69) is 6.58 Å². The van der Waals surface area contributed by atoms with Gasteiger partial charge < -0.3 is 0 Å². The van der Waals surface area contributed by atoms with Crippen molar-refractivity contribution in [2.45, 2.75) is 0 Å². The molecule has 0 saturated carbocycles. The van der Waals surface area contributed by atoms with E-state index in [0.29, 0.717) is 0 Å². The highest BCUT2D eigenvalue weighted by molar-refractivity contribution is 7.98. The minimum atomic E-state index is 0.725. The van der Waals surface area contributed by atoms with E-state index in [1.54, 1.807) is 11.8 Å². The number of thioether (sulfide) groups is 1. The first-order valence-electron chi connectivity index (χ1n) is 1.59. The lowest BCUT2D eigenvalue weighted by molar-refractivity contribution is 1.74. The summed E-state index contributed by atoms with van der Waals surface area (Å²) in [6.45, 7) is 3.49. The second kappa shape index (κ2) is 3.57. The van der Waals surface area contributed by atoms with E-state index in [9.17, 15) is 0 Å². The van der Waals surface area contributed by atoms with Gasteiger partial charge in [0.15, 0.2) is 0 Å². The fourth-order valence-electron chi connectivity index (χ4n) is 0.157. The second-order valence-corrected chi connectivity index (χ2v) is 2.35. The summed E-state index contributed by atoms with van der Waals surface area (Å²) in [4.78, 5) is 0. The Morgan fingerprint density at radius 2 is 2.50 bits per heavy atom. The van der Waals surface area contributed by atoms with Crippen molar-refractivity contribution in [2.24, 2.45) is 0 Å². The summed E-state index contributed by atoms with van der Waals surface area (Å²) in [7, 11) is 0. The Kier molecular flexibility index (Phi) is 3.79. The van der Waals surface area contributed by atoms with E-state index in [0.717, 1.165) is 10.8 Å². The maximum atomic E-state index is 5.36. The highest BCUT2D eigenvalue weighted by atomic mass is 35.5. The van der Waals surface area contributed by atoms with E-state index in [-0.39, 0.29) is 0 Å². The van der Waals surface area contributed by atoms with Crippen LogP contribution in [0.15, 0.2) is 11.6 Å². The van der Waals surface area contributed by atoms with Gasteiger partial charge in [-0.1, -0.05) is 18.2 Å². The van der Waals surface area contributed by atoms with Crippen molar-refractivity contribution in [3.05, 3.63) is 11.6 Å². The summed E-state index contributed by atoms with van der Waals surface area (Å²) in [6, 6.07) is 0. The Bertz CT molecular complexity index is 51.5. The topological polar surface area (TPSA) is 0 Å². The number of halogens is 1. The number of rotatable bonds is 2. The summed E-state index contributed by atoms with van der Waals surface area (Å²) in [5, 5.41) is 0.725. The molecule has 2 heteroatoms. The van der Waals surface area contributed by atoms with Gasteiger partial charge in [0, 0.05) is 10.8 Å². The van der Waals surface area contributed by atoms with Crippen molar-refractivity contribution in [3.63, 3.8) is 0 Å². The van der Waals surface area contributed by atoms with Crippen LogP contribution in [0.3, 0.4) is 0 Å². The second-order valence-electron chi connectivity index (χ2n) is 0.950. The fraction of sp³-hybridized carbons (Fsp3) is 0.500. The largest absolute Gasteiger partial charge is 0.160 e. The van der Waals surface area contributed by atoms with Gasteiger partial charge in [-0.05, 0) is 6.26 Å². The van der Waals surface area contributed by atoms with Gasteiger partial charge in [0.2, 0.25) is 0 Å². The maximum Gasteiger partial charge on any atom is 0.0283 e. The van der Waals surface area contributed by atoms with Gasteiger partial charge in [-0.25, -0.2) is 0 Å². The molecule has 0 heterocycles. The highest BCUT2D eigenvalue weighted by Gasteiger charge is 1.79. The predicted octanol–water partition coefficient (Wildman–Crippen LogP) is 2.10. The first-order chi connectivity index (χ1) is 2.77. The lowest BCUT2D eigenvalue weighted by Gasteiger charge is -1.84. The summed E-state index contributed by atoms with van der Waals surface area (Å²) in [5.74, 6) is 0.863. The smallest absolute Gasteiger partial charge is 0.0283 e. The average Bonchev–Trinajstić information content (AvgIpc) is 1.35. The van der Waals surface area contributed by atoms with Crippen molar-refractivity contribution >= 4 is 23.4 Å². The first kappa shape index (κ1) is 6.38. The third-order valence-corrected chi connectivity index (χ3v) is 1.23. The number of hydrogen-bond donors (Lipinski definition) is 0. The van der Waals surface area contributed by atoms with Crippen LogP contribution in [0, 0.1) is 0 Å². The van der Waals surface area contributed by atoms with Crippen LogP contribution in [0.2, 0.25) is 0 Å². The third kappa shape index (κ3) is 4.38. The van der Waals surface area contributed by atoms with Crippen LogP contribution in [-0.2, 0) is 0 Å². The van der Waals surface area contributed by atoms with Crippen LogP contribution in [0.4, 0.5) is 0 Å². The Labute approximate surface area is 47.6 Å². The molecule has 0 aliphatic carbocycles. The zero-order valence-corrected chi connectivity index (χ0v) is 5.27. The molecule has 0 aliphatic heterocycles. The first-order valence-corrected chi connectivity index (χ1v) is 3.36. The molecule has 0 unspecified atom stereocenters. The standard InChI is InChI=1S/C4H7ClS/c1-4(5)3-6-2/h1,3H2,2H3. The zero-order chi connectivity index (χ0) is 4.99. The maximum absolute atomic E-state index is 5.36. The molecule has 0 aliphatic rings. The van der Waals surface area contributed by atoms with Gasteiger partial charge in [-0.2, -0.15) is 11.8 Å². The molecule has 0 bridgehead atoms. The van der Waals surface area contributed by atoms with Crippen molar-refractivity contribution in [1.29, 1.82) is 0 Å². The predicted molar refractivity (Wildman–Crippen MR) is 33.4 cm³/mol. The quantitative estimate of drug-likeness (QED) is 0.541. The molecule has 0 aromatic heterocycles. The van der Waals surface area contributed by atoms with Crippen LogP contribution < -0.4 is 0 Å². The van der Waals surface area contributed by atoms with Gasteiger partial charge in [0.1, 0.15) is 0 Å². The number of hydrogen-bond acceptors (Lipinski definition) is 1. The Balaban J connectivity index is 2.83. The van der Waals surface area contributed by atoms with Gasteiger partial charge in [-0.15, -0.1) is 0 Å². The zero-order valence-electron chi connectivity index (χ0n) is 3.70. The molecule has 0 N–H and O–H groups in total. The molecule has 0 nitrogen and oxygen atoms in total. The van der Waals surface area contributed by atoms with Crippen LogP contribution in [-0.4, -0.2) is 12.0 Å². The van der Waals surface area contributed by atoms with Crippen LogP contribution in [0.1, 0.15) is 0 Å². The summed E-state index contributed by atoms with van der Waals surface area (Å²) < 4.78 is 0. The van der Waals surface area contributed by atoms with Crippen molar-refractivity contribution in [3.8, 4) is 0 Å². The molecule has 0 spiro atoms. The van der Waals surface area contributed by atoms with E-state index in [1.807, 2.05) is 6.26 Å². The summed E-state index contributed by atoms with van der Waals surface area (Å²) >= 11 is 7.04. The molecule has 0 fully saturated rings. The molecule has 0 aromatic rings. The van der Waals surface area contributed by atoms with Crippen LogP contribution >= 0.6 is 23.4 Å². The van der Waals surface area contributed by atoms with E-state index >= 15 is 0 Å². The Hall–Kier alpha value is 0.380. The summed E-state index contributed by atoms with van der Waals surface area (Å²) in [5.41, 5.74) is 0. The lowest BCUT2D eigenvalue weighted by atomic mass is 10.8. The van der Waals surface area contributed by atoms with Crippen LogP contribution in [0.5, 0.6) is 0 Å². The van der Waals surface area contributed by atoms with Gasteiger partial charge in [0.25, 0.3) is 0 Å². The van der Waals surface area contributed by atoms with Crippen LogP contribution in [0.25, 0.3) is 0 Å². The average molecular weight is 123 g/mol. The Morgan fingerprint density at radius 3 is 2.50 bits per heavy atom. The molecular weight excluding hydrogens is 116 g/mol. The SMILES string of the molecule is C=C(Cl)CSC. The minimum absolute atomic E-state index is 0.725. The summed E-state index contributed by atoms with van der Waals surface area (Å²) in [6.07, 6.45) is 1.99. The van der Waals surface area contributed by atoms with E-state index in [4.69, 9.17) is 11.6 Å². The normalized spacial score (nSPS) is 8.33. The Morgan fingerprint density at radius 1 is 2.00 bits per heavy atom. The lowest BCUT2D eigenvalue weighted by Crippen LogP contribution is -1.68. The minimum Gasteiger partial charge on any atom is -0.160 e. The third-order valence-electron chi connectivity index (χ3n) is 0.301. The van der Waals surface area contributed by atoms with E-state index in [1.165, 1.54) is 0 Å². The molecule has 36 valence electrons. The molecule has 0 rings (SSSR count). The van der Waals surface area contributed by atoms with Crippen molar-refractivity contribution in [1.82, 2.24) is 0 Å². The monoisotopic (exact) mass is 122 g/mol. The van der Waals surface area contributed by atoms with E-state index < -0.39 is 0 Å². The molecule has 0 saturated heterocycles. The molecule has 0 radical (unpaired) electrons. The van der Waals surface area contributed by atoms with Gasteiger partial charge in [-0.3, -0.25) is 0 Å². The molecule has 0 atom stereocenters. The highest BCUT2D eigenvalue weighted by Crippen LogP contribution is 2.03. The van der Waals surface area contributed by atoms with Gasteiger partial charge >= 0.3 is 0 Å². The van der Waals surface area contributed by atoms with Gasteiger partial charge in [0.05, 0.1) is 0 Å². The molecular formula is C4H7ClS. The molecule has 0 amide bonds. The fourth-order valence-corrected chi connectivity index (χ4v) is 0.797. The van der Waals surface area contributed by atoms with Crippen molar-refractivity contribution in [2.75, 3.05) is 12.0 Å². The molecule has 6 heavy (non-hydrogen) atoms. The van der Waals surface area contributed by atoms with Crippen molar-refractivity contribution < 1.29 is 0 Å².